The minimum atomic E-state index is -0.897. The molecule has 2 aliphatic rings. The van der Waals surface area contributed by atoms with Gasteiger partial charge in [-0.25, -0.2) is 19.6 Å². The van der Waals surface area contributed by atoms with Gasteiger partial charge in [0.25, 0.3) is 5.91 Å². The fourth-order valence-electron chi connectivity index (χ4n) is 8.10. The number of hydrogen-bond acceptors (Lipinski definition) is 8. The molecule has 2 aliphatic heterocycles. The predicted molar refractivity (Wildman–Crippen MR) is 247 cm³/mol. The Morgan fingerprint density at radius 2 is 1.30 bits per heavy atom. The summed E-state index contributed by atoms with van der Waals surface area (Å²) in [6.45, 7) is 4.92. The van der Waals surface area contributed by atoms with Crippen molar-refractivity contribution in [2.24, 2.45) is 5.92 Å². The van der Waals surface area contributed by atoms with E-state index >= 15 is 0 Å². The molecule has 5 aromatic rings. The van der Waals surface area contributed by atoms with Crippen molar-refractivity contribution in [3.8, 4) is 22.4 Å². The van der Waals surface area contributed by atoms with Gasteiger partial charge in [0.1, 0.15) is 23.7 Å². The summed E-state index contributed by atoms with van der Waals surface area (Å²) in [7, 11) is 2.57. The fraction of sp³-hybridized carbons (Fsp3) is 0.319. The number of H-pyrrole nitrogens is 2. The molecule has 7 rings (SSSR count). The minimum absolute atomic E-state index is 0. The third kappa shape index (κ3) is 11.2. The van der Waals surface area contributed by atoms with Crippen LogP contribution in [0.2, 0.25) is 0 Å². The second-order valence-corrected chi connectivity index (χ2v) is 15.5. The van der Waals surface area contributed by atoms with Crippen molar-refractivity contribution in [3.63, 3.8) is 0 Å². The Kier molecular flexibility index (Phi) is 16.7. The summed E-state index contributed by atoms with van der Waals surface area (Å²) < 4.78 is 9.61. The molecule has 0 unspecified atom stereocenters. The number of aromatic nitrogens is 4. The first-order valence-electron chi connectivity index (χ1n) is 20.6. The molecule has 4 N–H and O–H groups in total. The molecule has 2 aromatic heterocycles. The number of allylic oxidation sites excluding steroid dienone is 2. The zero-order valence-electron chi connectivity index (χ0n) is 35.7. The van der Waals surface area contributed by atoms with Gasteiger partial charge in [-0.3, -0.25) is 9.59 Å². The van der Waals surface area contributed by atoms with Crippen molar-refractivity contribution in [3.05, 3.63) is 132 Å². The molecule has 0 aliphatic carbocycles. The van der Waals surface area contributed by atoms with E-state index in [4.69, 9.17) is 14.5 Å². The molecular formula is C47H54Cl2N8O6. The molecule has 2 fully saturated rings. The Balaban J connectivity index is 0.00000374. The van der Waals surface area contributed by atoms with E-state index in [0.717, 1.165) is 59.3 Å². The Bertz CT molecular complexity index is 2380. The lowest BCUT2D eigenvalue weighted by Gasteiger charge is -2.29. The summed E-state index contributed by atoms with van der Waals surface area (Å²) in [5, 5.41) is 5.41. The zero-order chi connectivity index (χ0) is 42.9. The number of carbonyl (C=O) groups is 4. The topological polar surface area (TPSA) is 175 Å². The van der Waals surface area contributed by atoms with E-state index in [2.05, 4.69) is 62.0 Å². The average molecular weight is 898 g/mol. The number of rotatable bonds is 13. The Labute approximate surface area is 379 Å². The van der Waals surface area contributed by atoms with Gasteiger partial charge in [0.2, 0.25) is 5.91 Å². The maximum Gasteiger partial charge on any atom is 0.407 e. The van der Waals surface area contributed by atoms with Crippen molar-refractivity contribution in [2.75, 3.05) is 27.3 Å². The first-order valence-corrected chi connectivity index (χ1v) is 20.6. The molecule has 16 heteroatoms. The molecule has 2 saturated heterocycles. The van der Waals surface area contributed by atoms with Gasteiger partial charge in [-0.1, -0.05) is 105 Å². The lowest BCUT2D eigenvalue weighted by atomic mass is 9.96. The van der Waals surface area contributed by atoms with Crippen LogP contribution in [0.5, 0.6) is 0 Å². The molecule has 332 valence electrons. The van der Waals surface area contributed by atoms with Crippen LogP contribution < -0.4 is 10.6 Å². The number of imidazole rings is 2. The Hall–Kier alpha value is -6.38. The SMILES string of the molecule is COC(=O)N[C@H](C(=O)N1CCC[C@H]1c1ncc(-c2ccc(C=CC=Cc3cnc([C@@H]4CCCN4C(=O)[C@@H](NC(=O)OC)C(C)C)[nH]3)c(-c3ccccc3)c2)[nH]1)c1ccccc1.Cl.Cl. The van der Waals surface area contributed by atoms with E-state index in [0.29, 0.717) is 30.3 Å². The molecule has 4 atom stereocenters. The smallest absolute Gasteiger partial charge is 0.407 e. The number of carbonyl (C=O) groups excluding carboxylic acids is 4. The molecule has 3 aromatic carbocycles. The number of aromatic amines is 2. The number of ether oxygens (including phenoxy) is 2. The van der Waals surface area contributed by atoms with Crippen molar-refractivity contribution in [1.82, 2.24) is 40.4 Å². The Morgan fingerprint density at radius 1 is 0.714 bits per heavy atom. The molecule has 4 amide bonds. The van der Waals surface area contributed by atoms with Crippen LogP contribution >= 0.6 is 24.8 Å². The van der Waals surface area contributed by atoms with Gasteiger partial charge >= 0.3 is 12.2 Å². The third-order valence-electron chi connectivity index (χ3n) is 11.2. The lowest BCUT2D eigenvalue weighted by Crippen LogP contribution is -2.51. The molecule has 4 heterocycles. The summed E-state index contributed by atoms with van der Waals surface area (Å²) in [6.07, 6.45) is 13.3. The van der Waals surface area contributed by atoms with Crippen LogP contribution in [0.1, 0.15) is 86.1 Å². The largest absolute Gasteiger partial charge is 0.453 e. The first-order chi connectivity index (χ1) is 29.6. The van der Waals surface area contributed by atoms with E-state index in [1.807, 2.05) is 80.6 Å². The van der Waals surface area contributed by atoms with Crippen molar-refractivity contribution in [2.45, 2.75) is 63.7 Å². The number of nitrogens with zero attached hydrogens (tertiary/aromatic N) is 4. The number of halogens is 2. The van der Waals surface area contributed by atoms with Crippen LogP contribution in [0, 0.1) is 5.92 Å². The number of likely N-dealkylation sites (tertiary alicyclic amines) is 2. The lowest BCUT2D eigenvalue weighted by molar-refractivity contribution is -0.135. The van der Waals surface area contributed by atoms with Gasteiger partial charge in [0.15, 0.2) is 0 Å². The average Bonchev–Trinajstić information content (AvgIpc) is 4.14. The van der Waals surface area contributed by atoms with Crippen molar-refractivity contribution < 1.29 is 28.7 Å². The second-order valence-electron chi connectivity index (χ2n) is 15.5. The van der Waals surface area contributed by atoms with Gasteiger partial charge in [-0.2, -0.15) is 0 Å². The van der Waals surface area contributed by atoms with E-state index in [1.54, 1.807) is 22.2 Å². The summed E-state index contributed by atoms with van der Waals surface area (Å²) in [4.78, 5) is 71.7. The van der Waals surface area contributed by atoms with Gasteiger partial charge in [0, 0.05) is 18.7 Å². The second kappa shape index (κ2) is 22.1. The quantitative estimate of drug-likeness (QED) is 0.0849. The number of methoxy groups -OCH3 is 2. The number of hydrogen-bond donors (Lipinski definition) is 4. The number of alkyl carbamates (subject to hydrolysis) is 2. The van der Waals surface area contributed by atoms with Gasteiger partial charge in [-0.05, 0) is 66.0 Å². The Morgan fingerprint density at radius 3 is 1.95 bits per heavy atom. The molecule has 0 radical (unpaired) electrons. The van der Waals surface area contributed by atoms with Crippen molar-refractivity contribution in [1.29, 1.82) is 0 Å². The van der Waals surface area contributed by atoms with Crippen LogP contribution in [0.25, 0.3) is 34.5 Å². The highest BCUT2D eigenvalue weighted by molar-refractivity contribution is 5.88. The highest BCUT2D eigenvalue weighted by Crippen LogP contribution is 2.36. The first kappa shape index (κ1) is 47.7. The summed E-state index contributed by atoms with van der Waals surface area (Å²) >= 11 is 0. The summed E-state index contributed by atoms with van der Waals surface area (Å²) in [5.74, 6) is 0.907. The summed E-state index contributed by atoms with van der Waals surface area (Å²) in [5.41, 5.74) is 6.35. The maximum atomic E-state index is 14.0. The fourth-order valence-corrected chi connectivity index (χ4v) is 8.10. The number of nitrogens with one attached hydrogen (secondary N) is 4. The monoisotopic (exact) mass is 896 g/mol. The van der Waals surface area contributed by atoms with E-state index < -0.39 is 24.3 Å². The zero-order valence-corrected chi connectivity index (χ0v) is 37.3. The molecule has 0 saturated carbocycles. The van der Waals surface area contributed by atoms with E-state index in [1.165, 1.54) is 14.2 Å². The molecular weight excluding hydrogens is 843 g/mol. The highest BCUT2D eigenvalue weighted by Gasteiger charge is 2.38. The molecule has 63 heavy (non-hydrogen) atoms. The predicted octanol–water partition coefficient (Wildman–Crippen LogP) is 8.84. The number of amides is 4. The van der Waals surface area contributed by atoms with Crippen LogP contribution in [0.4, 0.5) is 9.59 Å². The van der Waals surface area contributed by atoms with Gasteiger partial charge in [-0.15, -0.1) is 24.8 Å². The molecule has 0 bridgehead atoms. The number of benzene rings is 3. The van der Waals surface area contributed by atoms with Crippen LogP contribution in [0.15, 0.2) is 103 Å². The third-order valence-corrected chi connectivity index (χ3v) is 11.2. The standard InChI is InChI=1S/C47H52N8O6.2ClH/c1-30(2)40(52-46(58)60-3)44(56)54-25-13-21-38(54)42-48-28-35(50-42)20-12-11-17-32-23-24-34(27-36(32)31-15-7-5-8-16-31)37-29-49-43(51-37)39-22-14-26-55(39)45(57)41(53-47(59)61-4)33-18-9-6-10-19-33;;/h5-12,15-20,23-24,27-30,38-41H,13-14,21-22,25-26H2,1-4H3,(H,48,50)(H,49,51)(H,52,58)(H,53,59);2*1H/t38-,39-,40-,41-;;/m0../s1. The van der Waals surface area contributed by atoms with E-state index in [9.17, 15) is 19.2 Å². The minimum Gasteiger partial charge on any atom is -0.453 e. The van der Waals surface area contributed by atoms with Gasteiger partial charge in [0.05, 0.1) is 50.1 Å². The van der Waals surface area contributed by atoms with Crippen LogP contribution in [0.3, 0.4) is 0 Å². The summed E-state index contributed by atoms with van der Waals surface area (Å²) in [6, 6.07) is 23.5. The highest BCUT2D eigenvalue weighted by atomic mass is 35.5. The molecule has 14 nitrogen and oxygen atoms in total. The van der Waals surface area contributed by atoms with Crippen molar-refractivity contribution >= 4 is 61.0 Å². The maximum absolute atomic E-state index is 14.0. The van der Waals surface area contributed by atoms with Crippen LogP contribution in [-0.2, 0) is 19.1 Å². The van der Waals surface area contributed by atoms with E-state index in [-0.39, 0.29) is 54.6 Å². The molecule has 0 spiro atoms. The van der Waals surface area contributed by atoms with Gasteiger partial charge < -0.3 is 39.9 Å². The normalized spacial score (nSPS) is 17.0. The van der Waals surface area contributed by atoms with Crippen LogP contribution in [-0.4, -0.2) is 87.1 Å².